The molecule has 0 spiro atoms. The molecule has 5 heteroatoms. The maximum atomic E-state index is 11.8. The number of ketones is 1. The van der Waals surface area contributed by atoms with Crippen LogP contribution in [0.25, 0.3) is 5.76 Å². The largest absolute Gasteiger partial charge is 0.772 e. The third kappa shape index (κ3) is 2.93. The summed E-state index contributed by atoms with van der Waals surface area (Å²) in [6.07, 6.45) is 2.11. The Hall–Kier alpha value is -1.46. The molecule has 1 aromatic rings. The summed E-state index contributed by atoms with van der Waals surface area (Å²) < 4.78 is 26.9. The molecular weight excluding hydrogens is 264 g/mol. The quantitative estimate of drug-likeness (QED) is 0.792. The van der Waals surface area contributed by atoms with Crippen molar-refractivity contribution in [2.75, 3.05) is 0 Å². The van der Waals surface area contributed by atoms with E-state index in [4.69, 9.17) is 4.74 Å². The van der Waals surface area contributed by atoms with Gasteiger partial charge in [-0.3, -0.25) is 9.00 Å². The Balaban J connectivity index is 2.18. The first-order valence-electron chi connectivity index (χ1n) is 6.05. The van der Waals surface area contributed by atoms with E-state index >= 15 is 0 Å². The summed E-state index contributed by atoms with van der Waals surface area (Å²) in [6, 6.07) is 6.98. The van der Waals surface area contributed by atoms with Crippen LogP contribution < -0.4 is 0 Å². The highest BCUT2D eigenvalue weighted by Crippen LogP contribution is 2.33. The first kappa shape index (κ1) is 14.0. The van der Waals surface area contributed by atoms with E-state index in [-0.39, 0.29) is 11.5 Å². The molecule has 0 amide bonds. The second kappa shape index (κ2) is 5.27. The van der Waals surface area contributed by atoms with Crippen molar-refractivity contribution >= 4 is 22.6 Å². The van der Waals surface area contributed by atoms with E-state index in [0.29, 0.717) is 17.7 Å². The minimum Gasteiger partial charge on any atom is -0.772 e. The van der Waals surface area contributed by atoms with Gasteiger partial charge in [0.15, 0.2) is 5.60 Å². The lowest BCUT2D eigenvalue weighted by atomic mass is 9.99. The second-order valence-electron chi connectivity index (χ2n) is 4.70. The van der Waals surface area contributed by atoms with Gasteiger partial charge in [-0.1, -0.05) is 42.3 Å². The SMILES string of the molecule is CCC1(C)OC(c2ccc(CS(=O)[O-])cc2)=CC1=O. The number of carbonyl (C=O) groups is 1. The van der Waals surface area contributed by atoms with E-state index in [0.717, 1.165) is 5.56 Å². The van der Waals surface area contributed by atoms with Crippen LogP contribution in [0.5, 0.6) is 0 Å². The van der Waals surface area contributed by atoms with Gasteiger partial charge in [0.25, 0.3) is 0 Å². The van der Waals surface area contributed by atoms with Crippen molar-refractivity contribution in [3.05, 3.63) is 41.5 Å². The van der Waals surface area contributed by atoms with E-state index in [9.17, 15) is 13.6 Å². The van der Waals surface area contributed by atoms with Crippen molar-refractivity contribution in [1.82, 2.24) is 0 Å². The highest BCUT2D eigenvalue weighted by Gasteiger charge is 2.38. The van der Waals surface area contributed by atoms with Gasteiger partial charge in [-0.05, 0) is 18.9 Å². The number of ether oxygens (including phenoxy) is 1. The summed E-state index contributed by atoms with van der Waals surface area (Å²) in [4.78, 5) is 11.8. The molecule has 19 heavy (non-hydrogen) atoms. The summed E-state index contributed by atoms with van der Waals surface area (Å²) in [7, 11) is 0. The lowest BCUT2D eigenvalue weighted by Crippen LogP contribution is -2.31. The van der Waals surface area contributed by atoms with E-state index in [2.05, 4.69) is 0 Å². The number of carbonyl (C=O) groups excluding carboxylic acids is 1. The Bertz CT molecular complexity index is 547. The van der Waals surface area contributed by atoms with Crippen LogP contribution in [0.2, 0.25) is 0 Å². The van der Waals surface area contributed by atoms with Crippen LogP contribution in [0.15, 0.2) is 30.3 Å². The molecule has 0 bridgehead atoms. The molecule has 1 aliphatic heterocycles. The number of benzene rings is 1. The van der Waals surface area contributed by atoms with Gasteiger partial charge in [-0.15, -0.1) is 0 Å². The summed E-state index contributed by atoms with van der Waals surface area (Å²) in [5.41, 5.74) is 0.719. The van der Waals surface area contributed by atoms with E-state index < -0.39 is 16.7 Å². The Morgan fingerprint density at radius 2 is 1.95 bits per heavy atom. The normalized spacial score (nSPS) is 23.9. The van der Waals surface area contributed by atoms with Gasteiger partial charge in [-0.25, -0.2) is 0 Å². The standard InChI is InChI=1S/C14H16O4S/c1-3-14(2)13(15)8-12(18-14)11-6-4-10(5-7-11)9-19(16)17/h4-8H,3,9H2,1-2H3,(H,16,17)/p-1. The van der Waals surface area contributed by atoms with Crippen molar-refractivity contribution in [2.24, 2.45) is 0 Å². The first-order chi connectivity index (χ1) is 8.94. The van der Waals surface area contributed by atoms with Gasteiger partial charge in [-0.2, -0.15) is 0 Å². The molecule has 1 aliphatic rings. The molecule has 0 saturated heterocycles. The van der Waals surface area contributed by atoms with Crippen molar-refractivity contribution in [3.63, 3.8) is 0 Å². The lowest BCUT2D eigenvalue weighted by molar-refractivity contribution is -0.127. The first-order valence-corrected chi connectivity index (χ1v) is 7.29. The van der Waals surface area contributed by atoms with Crippen LogP contribution in [-0.4, -0.2) is 20.1 Å². The van der Waals surface area contributed by atoms with Crippen LogP contribution >= 0.6 is 0 Å². The minimum atomic E-state index is -2.09. The number of rotatable bonds is 4. The molecule has 0 aromatic heterocycles. The average Bonchev–Trinajstić information content (AvgIpc) is 2.67. The summed E-state index contributed by atoms with van der Waals surface area (Å²) in [5.74, 6) is 0.505. The van der Waals surface area contributed by atoms with Crippen molar-refractivity contribution in [3.8, 4) is 0 Å². The molecule has 0 aliphatic carbocycles. The summed E-state index contributed by atoms with van der Waals surface area (Å²) >= 11 is -2.09. The molecule has 1 aromatic carbocycles. The molecule has 4 nitrogen and oxygen atoms in total. The van der Waals surface area contributed by atoms with Gasteiger partial charge in [0.1, 0.15) is 5.76 Å². The summed E-state index contributed by atoms with van der Waals surface area (Å²) in [5, 5.41) is 0. The molecule has 1 heterocycles. The van der Waals surface area contributed by atoms with E-state index in [1.165, 1.54) is 6.08 Å². The minimum absolute atomic E-state index is 0.00814. The Kier molecular flexibility index (Phi) is 3.87. The van der Waals surface area contributed by atoms with E-state index in [1.54, 1.807) is 31.2 Å². The monoisotopic (exact) mass is 279 g/mol. The Morgan fingerprint density at radius 3 is 2.42 bits per heavy atom. The van der Waals surface area contributed by atoms with Gasteiger partial charge in [0, 0.05) is 17.4 Å². The molecular formula is C14H15O4S-. The predicted octanol–water partition coefficient (Wildman–Crippen LogP) is 2.17. The lowest BCUT2D eigenvalue weighted by Gasteiger charge is -2.21. The number of hydrogen-bond donors (Lipinski definition) is 0. The summed E-state index contributed by atoms with van der Waals surface area (Å²) in [6.45, 7) is 3.68. The third-order valence-corrected chi connectivity index (χ3v) is 3.89. The molecule has 0 fully saturated rings. The van der Waals surface area contributed by atoms with Gasteiger partial charge >= 0.3 is 0 Å². The molecule has 0 saturated carbocycles. The van der Waals surface area contributed by atoms with Gasteiger partial charge in [0.2, 0.25) is 5.78 Å². The maximum absolute atomic E-state index is 11.8. The maximum Gasteiger partial charge on any atom is 0.202 e. The molecule has 0 N–H and O–H groups in total. The van der Waals surface area contributed by atoms with Gasteiger partial charge in [0.05, 0.1) is 0 Å². The van der Waals surface area contributed by atoms with Crippen molar-refractivity contribution in [2.45, 2.75) is 31.6 Å². The molecule has 102 valence electrons. The zero-order chi connectivity index (χ0) is 14.0. The predicted molar refractivity (Wildman–Crippen MR) is 71.8 cm³/mol. The number of hydrogen-bond acceptors (Lipinski definition) is 4. The van der Waals surface area contributed by atoms with Crippen LogP contribution in [0.1, 0.15) is 31.4 Å². The average molecular weight is 279 g/mol. The fourth-order valence-electron chi connectivity index (χ4n) is 1.88. The second-order valence-corrected chi connectivity index (χ2v) is 5.60. The Morgan fingerprint density at radius 1 is 1.32 bits per heavy atom. The molecule has 2 rings (SSSR count). The van der Waals surface area contributed by atoms with E-state index in [1.807, 2.05) is 6.92 Å². The fourth-order valence-corrected chi connectivity index (χ4v) is 2.35. The fraction of sp³-hybridized carbons (Fsp3) is 0.357. The van der Waals surface area contributed by atoms with Crippen molar-refractivity contribution < 1.29 is 18.3 Å². The van der Waals surface area contributed by atoms with Gasteiger partial charge < -0.3 is 9.29 Å². The molecule has 0 radical (unpaired) electrons. The van der Waals surface area contributed by atoms with Crippen LogP contribution in [0, 0.1) is 0 Å². The topological polar surface area (TPSA) is 66.4 Å². The highest BCUT2D eigenvalue weighted by molar-refractivity contribution is 7.78. The zero-order valence-electron chi connectivity index (χ0n) is 10.8. The zero-order valence-corrected chi connectivity index (χ0v) is 11.7. The van der Waals surface area contributed by atoms with Crippen LogP contribution in [0.3, 0.4) is 0 Å². The third-order valence-electron chi connectivity index (χ3n) is 3.32. The smallest absolute Gasteiger partial charge is 0.202 e. The highest BCUT2D eigenvalue weighted by atomic mass is 32.2. The van der Waals surface area contributed by atoms with Crippen LogP contribution in [-0.2, 0) is 26.4 Å². The Labute approximate surface area is 114 Å². The van der Waals surface area contributed by atoms with Crippen LogP contribution in [0.4, 0.5) is 0 Å². The molecule has 2 atom stereocenters. The molecule has 2 unspecified atom stereocenters. The van der Waals surface area contributed by atoms with Crippen molar-refractivity contribution in [1.29, 1.82) is 0 Å².